The summed E-state index contributed by atoms with van der Waals surface area (Å²) in [7, 11) is 0. The summed E-state index contributed by atoms with van der Waals surface area (Å²) in [5.41, 5.74) is 0.645. The van der Waals surface area contributed by atoms with Crippen LogP contribution in [-0.4, -0.2) is 36.7 Å². The molecule has 3 nitrogen and oxygen atoms in total. The number of hydrogen-bond acceptors (Lipinski definition) is 3. The molecule has 0 amide bonds. The molecule has 2 heterocycles. The lowest BCUT2D eigenvalue weighted by atomic mass is 9.82. The lowest BCUT2D eigenvalue weighted by molar-refractivity contribution is 0.0283. The molecule has 0 spiro atoms. The monoisotopic (exact) mass is 284 g/mol. The number of amidine groups is 1. The van der Waals surface area contributed by atoms with E-state index >= 15 is 0 Å². The first kappa shape index (κ1) is 15.2. The molecule has 2 fully saturated rings. The molecule has 0 radical (unpaired) electrons. The van der Waals surface area contributed by atoms with Crippen LogP contribution in [0.25, 0.3) is 0 Å². The first-order chi connectivity index (χ1) is 8.89. The lowest BCUT2D eigenvalue weighted by Gasteiger charge is -2.36. The fourth-order valence-electron chi connectivity index (χ4n) is 2.56. The smallest absolute Gasteiger partial charge is 0.156 e. The SMILES string of the molecule is CC1(CN=C2NC(C(C)(C)C)CCS2)CCOCC1. The molecule has 0 aromatic rings. The van der Waals surface area contributed by atoms with Gasteiger partial charge in [-0.25, -0.2) is 0 Å². The van der Waals surface area contributed by atoms with Crippen molar-refractivity contribution in [1.82, 2.24) is 5.32 Å². The number of hydrogen-bond donors (Lipinski definition) is 1. The predicted octanol–water partition coefficient (Wildman–Crippen LogP) is 3.30. The quantitative estimate of drug-likeness (QED) is 0.844. The molecule has 0 aromatic carbocycles. The summed E-state index contributed by atoms with van der Waals surface area (Å²) in [6.07, 6.45) is 3.51. The number of aliphatic imine (C=N–C) groups is 1. The Morgan fingerprint density at radius 3 is 2.68 bits per heavy atom. The highest BCUT2D eigenvalue weighted by atomic mass is 32.2. The van der Waals surface area contributed by atoms with E-state index < -0.39 is 0 Å². The van der Waals surface area contributed by atoms with Crippen LogP contribution in [0.5, 0.6) is 0 Å². The average Bonchev–Trinajstić information content (AvgIpc) is 2.37. The van der Waals surface area contributed by atoms with Crippen molar-refractivity contribution >= 4 is 16.9 Å². The van der Waals surface area contributed by atoms with Crippen LogP contribution in [0, 0.1) is 10.8 Å². The Morgan fingerprint density at radius 1 is 1.37 bits per heavy atom. The van der Waals surface area contributed by atoms with Crippen LogP contribution in [0.1, 0.15) is 47.0 Å². The standard InChI is InChI=1S/C15H28N2OS/c1-14(2,3)12-5-10-19-13(17-12)16-11-15(4)6-8-18-9-7-15/h12H,5-11H2,1-4H3,(H,16,17). The number of thioether (sulfide) groups is 1. The van der Waals surface area contributed by atoms with Gasteiger partial charge >= 0.3 is 0 Å². The lowest BCUT2D eigenvalue weighted by Crippen LogP contribution is -2.46. The third-order valence-electron chi connectivity index (χ3n) is 4.29. The molecule has 0 saturated carbocycles. The molecule has 110 valence electrons. The third-order valence-corrected chi connectivity index (χ3v) is 5.25. The fourth-order valence-corrected chi connectivity index (χ4v) is 3.49. The number of nitrogens with one attached hydrogen (secondary N) is 1. The van der Waals surface area contributed by atoms with E-state index in [1.165, 1.54) is 12.2 Å². The summed E-state index contributed by atoms with van der Waals surface area (Å²) in [5.74, 6) is 1.19. The summed E-state index contributed by atoms with van der Waals surface area (Å²) in [5, 5.41) is 4.78. The number of rotatable bonds is 2. The van der Waals surface area contributed by atoms with Crippen molar-refractivity contribution in [3.05, 3.63) is 0 Å². The molecule has 2 aliphatic rings. The van der Waals surface area contributed by atoms with Gasteiger partial charge in [0.1, 0.15) is 0 Å². The Hall–Kier alpha value is -0.220. The van der Waals surface area contributed by atoms with E-state index in [1.54, 1.807) is 0 Å². The Morgan fingerprint density at radius 2 is 2.05 bits per heavy atom. The number of ether oxygens (including phenoxy) is 1. The van der Waals surface area contributed by atoms with Gasteiger partial charge in [0.2, 0.25) is 0 Å². The third kappa shape index (κ3) is 4.38. The van der Waals surface area contributed by atoms with Crippen molar-refractivity contribution < 1.29 is 4.74 Å². The van der Waals surface area contributed by atoms with Crippen molar-refractivity contribution in [3.63, 3.8) is 0 Å². The average molecular weight is 284 g/mol. The van der Waals surface area contributed by atoms with Crippen molar-refractivity contribution in [2.75, 3.05) is 25.5 Å². The first-order valence-corrected chi connectivity index (χ1v) is 8.39. The van der Waals surface area contributed by atoms with Gasteiger partial charge in [0.25, 0.3) is 0 Å². The van der Waals surface area contributed by atoms with Crippen LogP contribution < -0.4 is 5.32 Å². The van der Waals surface area contributed by atoms with Crippen molar-refractivity contribution in [3.8, 4) is 0 Å². The van der Waals surface area contributed by atoms with Gasteiger partial charge < -0.3 is 10.1 Å². The molecular formula is C15H28N2OS. The van der Waals surface area contributed by atoms with Crippen LogP contribution in [-0.2, 0) is 4.74 Å². The Bertz CT molecular complexity index is 330. The molecule has 2 rings (SSSR count). The highest BCUT2D eigenvalue weighted by Gasteiger charge is 2.30. The van der Waals surface area contributed by atoms with E-state index in [1.807, 2.05) is 11.8 Å². The minimum Gasteiger partial charge on any atom is -0.381 e. The maximum absolute atomic E-state index is 5.45. The molecular weight excluding hydrogens is 256 g/mol. The minimum absolute atomic E-state index is 0.310. The molecule has 1 atom stereocenters. The maximum atomic E-state index is 5.45. The van der Waals surface area contributed by atoms with Gasteiger partial charge in [-0.3, -0.25) is 4.99 Å². The largest absolute Gasteiger partial charge is 0.381 e. The first-order valence-electron chi connectivity index (χ1n) is 7.41. The predicted molar refractivity (Wildman–Crippen MR) is 83.9 cm³/mol. The molecule has 19 heavy (non-hydrogen) atoms. The van der Waals surface area contributed by atoms with Crippen LogP contribution in [0.2, 0.25) is 0 Å². The van der Waals surface area contributed by atoms with E-state index in [9.17, 15) is 0 Å². The van der Waals surface area contributed by atoms with Crippen LogP contribution in [0.4, 0.5) is 0 Å². The Balaban J connectivity index is 1.91. The summed E-state index contributed by atoms with van der Waals surface area (Å²) in [4.78, 5) is 4.86. The molecule has 2 aliphatic heterocycles. The molecule has 1 unspecified atom stereocenters. The molecule has 0 aromatic heterocycles. The van der Waals surface area contributed by atoms with Crippen LogP contribution in [0.15, 0.2) is 4.99 Å². The molecule has 2 saturated heterocycles. The maximum Gasteiger partial charge on any atom is 0.156 e. The van der Waals surface area contributed by atoms with Gasteiger partial charge in [-0.1, -0.05) is 39.5 Å². The Labute approximate surface area is 122 Å². The molecule has 4 heteroatoms. The molecule has 1 N–H and O–H groups in total. The van der Waals surface area contributed by atoms with Crippen molar-refractivity contribution in [1.29, 1.82) is 0 Å². The summed E-state index contributed by atoms with van der Waals surface area (Å²) >= 11 is 1.88. The van der Waals surface area contributed by atoms with Gasteiger partial charge in [-0.05, 0) is 30.1 Å². The van der Waals surface area contributed by atoms with Gasteiger partial charge in [-0.2, -0.15) is 0 Å². The van der Waals surface area contributed by atoms with Crippen molar-refractivity contribution in [2.24, 2.45) is 15.8 Å². The van der Waals surface area contributed by atoms with Crippen LogP contribution >= 0.6 is 11.8 Å². The van der Waals surface area contributed by atoms with Gasteiger partial charge in [0, 0.05) is 31.6 Å². The topological polar surface area (TPSA) is 33.6 Å². The zero-order valence-corrected chi connectivity index (χ0v) is 13.6. The normalized spacial score (nSPS) is 30.1. The summed E-state index contributed by atoms with van der Waals surface area (Å²) in [6.45, 7) is 12.0. The molecule has 0 aliphatic carbocycles. The zero-order chi connectivity index (χ0) is 13.9. The van der Waals surface area contributed by atoms with Crippen molar-refractivity contribution in [2.45, 2.75) is 53.0 Å². The van der Waals surface area contributed by atoms with E-state index in [-0.39, 0.29) is 0 Å². The van der Waals surface area contributed by atoms with E-state index in [0.717, 1.165) is 37.8 Å². The Kier molecular flexibility index (Phi) is 4.83. The summed E-state index contributed by atoms with van der Waals surface area (Å²) < 4.78 is 5.45. The minimum atomic E-state index is 0.310. The van der Waals surface area contributed by atoms with E-state index in [4.69, 9.17) is 9.73 Å². The highest BCUT2D eigenvalue weighted by Crippen LogP contribution is 2.31. The number of nitrogens with zero attached hydrogens (tertiary/aromatic N) is 1. The van der Waals surface area contributed by atoms with Gasteiger partial charge in [0.05, 0.1) is 0 Å². The van der Waals surface area contributed by atoms with Crippen LogP contribution in [0.3, 0.4) is 0 Å². The summed E-state index contributed by atoms with van der Waals surface area (Å²) in [6, 6.07) is 0.551. The second kappa shape index (κ2) is 6.04. The fraction of sp³-hybridized carbons (Fsp3) is 0.933. The second-order valence-electron chi connectivity index (χ2n) is 7.24. The van der Waals surface area contributed by atoms with Gasteiger partial charge in [-0.15, -0.1) is 0 Å². The second-order valence-corrected chi connectivity index (χ2v) is 8.33. The van der Waals surface area contributed by atoms with E-state index in [0.29, 0.717) is 16.9 Å². The van der Waals surface area contributed by atoms with Gasteiger partial charge in [0.15, 0.2) is 5.17 Å². The van der Waals surface area contributed by atoms with E-state index in [2.05, 4.69) is 33.0 Å². The molecule has 0 bridgehead atoms. The highest BCUT2D eigenvalue weighted by molar-refractivity contribution is 8.13. The zero-order valence-electron chi connectivity index (χ0n) is 12.8.